The van der Waals surface area contributed by atoms with Gasteiger partial charge in [-0.05, 0) is 63.1 Å². The summed E-state index contributed by atoms with van der Waals surface area (Å²) < 4.78 is 11.0. The first-order valence-corrected chi connectivity index (χ1v) is 12.1. The zero-order valence-corrected chi connectivity index (χ0v) is 21.8. The summed E-state index contributed by atoms with van der Waals surface area (Å²) in [6.07, 6.45) is 0.392. The largest absolute Gasteiger partial charge is 0.497 e. The van der Waals surface area contributed by atoms with Gasteiger partial charge in [0, 0.05) is 18.5 Å². The van der Waals surface area contributed by atoms with Crippen LogP contribution in [-0.4, -0.2) is 42.0 Å². The summed E-state index contributed by atoms with van der Waals surface area (Å²) >= 11 is 0. The fraction of sp³-hybridized carbons (Fsp3) is 0.333. The third kappa shape index (κ3) is 8.15. The molecule has 0 bridgehead atoms. The van der Waals surface area contributed by atoms with Crippen molar-refractivity contribution in [1.82, 2.24) is 10.2 Å². The molecule has 3 rings (SSSR count). The van der Waals surface area contributed by atoms with Gasteiger partial charge < -0.3 is 19.7 Å². The van der Waals surface area contributed by atoms with Crippen LogP contribution in [0.4, 0.5) is 0 Å². The number of nitrogens with zero attached hydrogens (tertiary/aromatic N) is 1. The predicted molar refractivity (Wildman–Crippen MR) is 142 cm³/mol. The van der Waals surface area contributed by atoms with Crippen LogP contribution in [0.2, 0.25) is 0 Å². The second-order valence-electron chi connectivity index (χ2n) is 9.92. The highest BCUT2D eigenvalue weighted by Crippen LogP contribution is 2.19. The number of rotatable bonds is 10. The van der Waals surface area contributed by atoms with Crippen LogP contribution in [0, 0.1) is 6.92 Å². The van der Waals surface area contributed by atoms with Crippen LogP contribution in [0.3, 0.4) is 0 Å². The molecule has 0 aromatic heterocycles. The van der Waals surface area contributed by atoms with Gasteiger partial charge in [-0.25, -0.2) is 0 Å². The number of ether oxygens (including phenoxy) is 2. The van der Waals surface area contributed by atoms with E-state index in [4.69, 9.17) is 9.47 Å². The molecule has 0 aliphatic rings. The monoisotopic (exact) mass is 488 g/mol. The van der Waals surface area contributed by atoms with Crippen molar-refractivity contribution in [3.05, 3.63) is 95.6 Å². The predicted octanol–water partition coefficient (Wildman–Crippen LogP) is 4.94. The molecular weight excluding hydrogens is 452 g/mol. The maximum absolute atomic E-state index is 13.6. The topological polar surface area (TPSA) is 67.9 Å². The zero-order valence-electron chi connectivity index (χ0n) is 21.8. The first kappa shape index (κ1) is 26.8. The Labute approximate surface area is 214 Å². The van der Waals surface area contributed by atoms with Crippen LogP contribution in [0.15, 0.2) is 78.9 Å². The molecule has 1 atom stereocenters. The number of hydrogen-bond acceptors (Lipinski definition) is 4. The molecule has 1 N–H and O–H groups in total. The molecule has 6 heteroatoms. The summed E-state index contributed by atoms with van der Waals surface area (Å²) in [4.78, 5) is 28.8. The molecule has 36 heavy (non-hydrogen) atoms. The van der Waals surface area contributed by atoms with E-state index >= 15 is 0 Å². The molecular formula is C30H36N2O4. The van der Waals surface area contributed by atoms with Gasteiger partial charge in [0.2, 0.25) is 5.91 Å². The molecule has 0 saturated carbocycles. The minimum absolute atomic E-state index is 0.188. The molecule has 0 spiro atoms. The first-order valence-electron chi connectivity index (χ1n) is 12.1. The third-order valence-corrected chi connectivity index (χ3v) is 5.63. The van der Waals surface area contributed by atoms with Gasteiger partial charge in [-0.1, -0.05) is 60.2 Å². The second-order valence-corrected chi connectivity index (χ2v) is 9.92. The molecule has 190 valence electrons. The van der Waals surface area contributed by atoms with Gasteiger partial charge in [-0.2, -0.15) is 0 Å². The van der Waals surface area contributed by atoms with E-state index in [1.165, 1.54) is 0 Å². The molecule has 0 radical (unpaired) electrons. The van der Waals surface area contributed by atoms with E-state index < -0.39 is 11.6 Å². The van der Waals surface area contributed by atoms with E-state index in [1.807, 2.05) is 82.3 Å². The summed E-state index contributed by atoms with van der Waals surface area (Å²) in [5.41, 5.74) is 2.58. The lowest BCUT2D eigenvalue weighted by atomic mass is 10.0. The van der Waals surface area contributed by atoms with Crippen LogP contribution in [0.25, 0.3) is 0 Å². The minimum Gasteiger partial charge on any atom is -0.497 e. The number of methoxy groups -OCH3 is 1. The van der Waals surface area contributed by atoms with E-state index in [2.05, 4.69) is 5.32 Å². The summed E-state index contributed by atoms with van der Waals surface area (Å²) in [6, 6.07) is 24.1. The normalized spacial score (nSPS) is 11.9. The van der Waals surface area contributed by atoms with Gasteiger partial charge in [0.1, 0.15) is 17.5 Å². The van der Waals surface area contributed by atoms with Crippen LogP contribution >= 0.6 is 0 Å². The van der Waals surface area contributed by atoms with Crippen LogP contribution < -0.4 is 14.8 Å². The number of carbonyl (C=O) groups excluding carboxylic acids is 2. The average Bonchev–Trinajstić information content (AvgIpc) is 2.84. The maximum atomic E-state index is 13.6. The minimum atomic E-state index is -0.709. The van der Waals surface area contributed by atoms with E-state index in [0.717, 1.165) is 16.7 Å². The molecule has 3 aromatic rings. The van der Waals surface area contributed by atoms with Crippen molar-refractivity contribution in [2.75, 3.05) is 13.7 Å². The van der Waals surface area contributed by atoms with Crippen molar-refractivity contribution in [3.8, 4) is 11.5 Å². The van der Waals surface area contributed by atoms with Gasteiger partial charge in [0.05, 0.1) is 7.11 Å². The Balaban J connectivity index is 1.91. The Hall–Kier alpha value is -3.80. The van der Waals surface area contributed by atoms with Gasteiger partial charge in [-0.3, -0.25) is 9.59 Å². The van der Waals surface area contributed by atoms with Gasteiger partial charge >= 0.3 is 0 Å². The molecule has 0 heterocycles. The highest BCUT2D eigenvalue weighted by Gasteiger charge is 2.32. The molecule has 6 nitrogen and oxygen atoms in total. The fourth-order valence-corrected chi connectivity index (χ4v) is 3.91. The number of amides is 2. The van der Waals surface area contributed by atoms with Crippen molar-refractivity contribution < 1.29 is 19.1 Å². The van der Waals surface area contributed by atoms with Crippen LogP contribution in [0.1, 0.15) is 37.5 Å². The van der Waals surface area contributed by atoms with Crippen molar-refractivity contribution in [1.29, 1.82) is 0 Å². The van der Waals surface area contributed by atoms with Crippen LogP contribution in [0.5, 0.6) is 11.5 Å². The van der Waals surface area contributed by atoms with Gasteiger partial charge in [0.25, 0.3) is 5.91 Å². The number of benzene rings is 3. The average molecular weight is 489 g/mol. The number of aryl methyl sites for hydroxylation is 1. The van der Waals surface area contributed by atoms with Gasteiger partial charge in [-0.15, -0.1) is 0 Å². The molecule has 2 amide bonds. The fourth-order valence-electron chi connectivity index (χ4n) is 3.91. The molecule has 0 aliphatic heterocycles. The molecule has 0 saturated heterocycles. The van der Waals surface area contributed by atoms with E-state index in [1.54, 1.807) is 36.3 Å². The highest BCUT2D eigenvalue weighted by atomic mass is 16.5. The van der Waals surface area contributed by atoms with Crippen molar-refractivity contribution >= 4 is 11.8 Å². The lowest BCUT2D eigenvalue weighted by molar-refractivity contribution is -0.143. The summed E-state index contributed by atoms with van der Waals surface area (Å²) in [6.45, 7) is 7.92. The lowest BCUT2D eigenvalue weighted by Crippen LogP contribution is -2.55. The number of hydrogen-bond donors (Lipinski definition) is 1. The highest BCUT2D eigenvalue weighted by molar-refractivity contribution is 5.89. The number of nitrogens with one attached hydrogen (secondary N) is 1. The van der Waals surface area contributed by atoms with Crippen molar-refractivity contribution in [3.63, 3.8) is 0 Å². The summed E-state index contributed by atoms with van der Waals surface area (Å²) in [7, 11) is 1.60. The van der Waals surface area contributed by atoms with Crippen molar-refractivity contribution in [2.24, 2.45) is 0 Å². The lowest BCUT2D eigenvalue weighted by Gasteiger charge is -2.33. The molecule has 0 fully saturated rings. The summed E-state index contributed by atoms with van der Waals surface area (Å²) in [5.74, 6) is 0.795. The van der Waals surface area contributed by atoms with E-state index in [0.29, 0.717) is 24.5 Å². The second kappa shape index (κ2) is 12.2. The summed E-state index contributed by atoms with van der Waals surface area (Å²) in [5, 5.41) is 3.07. The van der Waals surface area contributed by atoms with E-state index in [-0.39, 0.29) is 18.4 Å². The Morgan fingerprint density at radius 3 is 2.14 bits per heavy atom. The van der Waals surface area contributed by atoms with E-state index in [9.17, 15) is 9.59 Å². The zero-order chi connectivity index (χ0) is 26.1. The smallest absolute Gasteiger partial charge is 0.261 e. The first-order chi connectivity index (χ1) is 17.1. The van der Waals surface area contributed by atoms with Gasteiger partial charge in [0.15, 0.2) is 6.61 Å². The SMILES string of the molecule is COc1ccc(OCC(=O)N(Cc2cccc(C)c2)C(Cc2ccccc2)C(=O)NC(C)(C)C)cc1. The Morgan fingerprint density at radius 2 is 1.53 bits per heavy atom. The standard InChI is InChI=1S/C30H36N2O4/c1-22-10-9-13-24(18-22)20-32(28(33)21-36-26-16-14-25(35-5)15-17-26)27(29(34)31-30(2,3)4)19-23-11-7-6-8-12-23/h6-18,27H,19-21H2,1-5H3,(H,31,34). The Kier molecular flexibility index (Phi) is 9.12. The Morgan fingerprint density at radius 1 is 0.889 bits per heavy atom. The number of carbonyl (C=O) groups is 2. The molecule has 3 aromatic carbocycles. The quantitative estimate of drug-likeness (QED) is 0.439. The Bertz CT molecular complexity index is 1140. The molecule has 1 unspecified atom stereocenters. The van der Waals surface area contributed by atoms with Crippen LogP contribution in [-0.2, 0) is 22.6 Å². The van der Waals surface area contributed by atoms with Crippen molar-refractivity contribution in [2.45, 2.75) is 52.2 Å². The molecule has 0 aliphatic carbocycles. The third-order valence-electron chi connectivity index (χ3n) is 5.63. The maximum Gasteiger partial charge on any atom is 0.261 e.